The van der Waals surface area contributed by atoms with Crippen molar-refractivity contribution in [3.8, 4) is 5.75 Å². The van der Waals surface area contributed by atoms with Crippen LogP contribution in [0.3, 0.4) is 0 Å². The lowest BCUT2D eigenvalue weighted by molar-refractivity contribution is 0.122. The molecule has 1 aliphatic rings. The van der Waals surface area contributed by atoms with Gasteiger partial charge >= 0.3 is 0 Å². The molecule has 3 rings (SSSR count). The second-order valence-corrected chi connectivity index (χ2v) is 4.00. The molecule has 2 aromatic rings. The molecule has 1 saturated carbocycles. The molecule has 2 nitrogen and oxygen atoms in total. The largest absolute Gasteiger partial charge is 0.488 e. The van der Waals surface area contributed by atoms with Gasteiger partial charge in [0, 0.05) is 11.6 Å². The summed E-state index contributed by atoms with van der Waals surface area (Å²) in [6, 6.07) is 10.1. The number of aromatic nitrogens is 1. The van der Waals surface area contributed by atoms with Crippen molar-refractivity contribution < 1.29 is 4.74 Å². The molecule has 0 aliphatic heterocycles. The highest BCUT2D eigenvalue weighted by Gasteiger charge is 2.19. The highest BCUT2D eigenvalue weighted by atomic mass is 35.5. The van der Waals surface area contributed by atoms with Crippen molar-refractivity contribution in [3.63, 3.8) is 0 Å². The number of para-hydroxylation sites is 1. The maximum Gasteiger partial charge on any atom is 0.145 e. The van der Waals surface area contributed by atoms with Gasteiger partial charge in [0.15, 0.2) is 0 Å². The Labute approximate surface area is 101 Å². The summed E-state index contributed by atoms with van der Waals surface area (Å²) in [4.78, 5) is 4.37. The summed E-state index contributed by atoms with van der Waals surface area (Å²) >= 11 is 0. The maximum atomic E-state index is 5.90. The van der Waals surface area contributed by atoms with Gasteiger partial charge in [0.1, 0.15) is 11.3 Å². The molecular formula is C13H14ClNO. The van der Waals surface area contributed by atoms with Crippen molar-refractivity contribution in [2.45, 2.75) is 25.4 Å². The lowest BCUT2D eigenvalue weighted by Crippen LogP contribution is -2.24. The summed E-state index contributed by atoms with van der Waals surface area (Å²) in [5.41, 5.74) is 0.979. The molecule has 1 aromatic heterocycles. The monoisotopic (exact) mass is 235 g/mol. The third-order valence-corrected chi connectivity index (χ3v) is 2.94. The van der Waals surface area contributed by atoms with Crippen molar-refractivity contribution in [3.05, 3.63) is 36.5 Å². The fraction of sp³-hybridized carbons (Fsp3) is 0.308. The van der Waals surface area contributed by atoms with E-state index < -0.39 is 0 Å². The fourth-order valence-electron chi connectivity index (χ4n) is 1.84. The molecule has 0 N–H and O–H groups in total. The summed E-state index contributed by atoms with van der Waals surface area (Å²) in [7, 11) is 0. The van der Waals surface area contributed by atoms with Crippen LogP contribution >= 0.6 is 12.4 Å². The Morgan fingerprint density at radius 2 is 1.94 bits per heavy atom. The molecule has 1 fully saturated rings. The minimum Gasteiger partial charge on any atom is -0.488 e. The number of rotatable bonds is 2. The third kappa shape index (κ3) is 1.98. The standard InChI is InChI=1S/C13H13NO.ClH/c1-4-10-5-3-9-14-13(10)12(8-1)15-11-6-2-7-11;/h1,3-5,8-9,11H,2,6-7H2;1H. The summed E-state index contributed by atoms with van der Waals surface area (Å²) in [6.07, 6.45) is 5.89. The normalized spacial score (nSPS) is 15.2. The zero-order valence-corrected chi connectivity index (χ0v) is 9.74. The molecule has 0 unspecified atom stereocenters. The minimum absolute atomic E-state index is 0. The highest BCUT2D eigenvalue weighted by Crippen LogP contribution is 2.29. The number of halogens is 1. The van der Waals surface area contributed by atoms with E-state index in [2.05, 4.69) is 17.1 Å². The molecule has 1 aliphatic carbocycles. The summed E-state index contributed by atoms with van der Waals surface area (Å²) in [5, 5.41) is 1.15. The van der Waals surface area contributed by atoms with Crippen LogP contribution in [-0.2, 0) is 0 Å². The van der Waals surface area contributed by atoms with Crippen molar-refractivity contribution in [2.75, 3.05) is 0 Å². The van der Waals surface area contributed by atoms with Gasteiger partial charge in [-0.05, 0) is 31.4 Å². The van der Waals surface area contributed by atoms with Gasteiger partial charge in [0.2, 0.25) is 0 Å². The molecule has 16 heavy (non-hydrogen) atoms. The van der Waals surface area contributed by atoms with Gasteiger partial charge < -0.3 is 4.74 Å². The predicted octanol–water partition coefficient (Wildman–Crippen LogP) is 3.59. The Balaban J connectivity index is 0.000000963. The first-order chi connectivity index (χ1) is 7.43. The minimum atomic E-state index is 0. The smallest absolute Gasteiger partial charge is 0.145 e. The number of hydrogen-bond donors (Lipinski definition) is 0. The molecule has 1 heterocycles. The lowest BCUT2D eigenvalue weighted by atomic mass is 9.96. The zero-order chi connectivity index (χ0) is 10.1. The van der Waals surface area contributed by atoms with Gasteiger partial charge in [-0.1, -0.05) is 18.2 Å². The van der Waals surface area contributed by atoms with Crippen LogP contribution in [0.4, 0.5) is 0 Å². The number of benzene rings is 1. The van der Waals surface area contributed by atoms with E-state index in [1.807, 2.05) is 24.4 Å². The molecule has 3 heteroatoms. The van der Waals surface area contributed by atoms with Crippen molar-refractivity contribution >= 4 is 23.3 Å². The van der Waals surface area contributed by atoms with Crippen LogP contribution in [0.25, 0.3) is 10.9 Å². The number of fused-ring (bicyclic) bond motifs is 1. The van der Waals surface area contributed by atoms with Gasteiger partial charge in [0.25, 0.3) is 0 Å². The molecule has 1 aromatic carbocycles. The first-order valence-electron chi connectivity index (χ1n) is 5.44. The number of nitrogens with zero attached hydrogens (tertiary/aromatic N) is 1. The average Bonchev–Trinajstić information content (AvgIpc) is 2.23. The van der Waals surface area contributed by atoms with Gasteiger partial charge in [-0.15, -0.1) is 12.4 Å². The van der Waals surface area contributed by atoms with E-state index in [1.165, 1.54) is 19.3 Å². The van der Waals surface area contributed by atoms with Crippen LogP contribution in [0, 0.1) is 0 Å². The Morgan fingerprint density at radius 3 is 2.69 bits per heavy atom. The molecule has 0 amide bonds. The quantitative estimate of drug-likeness (QED) is 0.794. The van der Waals surface area contributed by atoms with Crippen molar-refractivity contribution in [1.29, 1.82) is 0 Å². The van der Waals surface area contributed by atoms with Crippen molar-refractivity contribution in [2.24, 2.45) is 0 Å². The fourth-order valence-corrected chi connectivity index (χ4v) is 1.84. The second kappa shape index (κ2) is 4.71. The lowest BCUT2D eigenvalue weighted by Gasteiger charge is -2.26. The van der Waals surface area contributed by atoms with E-state index in [0.717, 1.165) is 16.7 Å². The summed E-state index contributed by atoms with van der Waals surface area (Å²) < 4.78 is 5.90. The summed E-state index contributed by atoms with van der Waals surface area (Å²) in [6.45, 7) is 0. The second-order valence-electron chi connectivity index (χ2n) is 4.00. The Hall–Kier alpha value is -1.28. The van der Waals surface area contributed by atoms with Gasteiger partial charge in [-0.3, -0.25) is 4.98 Å². The number of pyridine rings is 1. The molecule has 0 saturated heterocycles. The van der Waals surface area contributed by atoms with Crippen molar-refractivity contribution in [1.82, 2.24) is 4.98 Å². The van der Waals surface area contributed by atoms with Gasteiger partial charge in [-0.2, -0.15) is 0 Å². The average molecular weight is 236 g/mol. The van der Waals surface area contributed by atoms with E-state index in [4.69, 9.17) is 4.74 Å². The van der Waals surface area contributed by atoms with Crippen LogP contribution in [-0.4, -0.2) is 11.1 Å². The SMILES string of the molecule is Cl.c1cnc2c(OC3CCC3)cccc2c1. The molecule has 84 valence electrons. The van der Waals surface area contributed by atoms with Crippen LogP contribution in [0.1, 0.15) is 19.3 Å². The van der Waals surface area contributed by atoms with E-state index in [-0.39, 0.29) is 12.4 Å². The Morgan fingerprint density at radius 1 is 1.12 bits per heavy atom. The first-order valence-corrected chi connectivity index (χ1v) is 5.44. The van der Waals surface area contributed by atoms with Gasteiger partial charge in [0.05, 0.1) is 6.10 Å². The molecule has 0 bridgehead atoms. The molecule has 0 spiro atoms. The zero-order valence-electron chi connectivity index (χ0n) is 8.93. The predicted molar refractivity (Wildman–Crippen MR) is 67.3 cm³/mol. The molecule has 0 atom stereocenters. The topological polar surface area (TPSA) is 22.1 Å². The molecular weight excluding hydrogens is 222 g/mol. The van der Waals surface area contributed by atoms with Crippen LogP contribution in [0.5, 0.6) is 5.75 Å². The number of ether oxygens (including phenoxy) is 1. The first kappa shape index (κ1) is 11.2. The Kier molecular flexibility index (Phi) is 3.30. The Bertz CT molecular complexity index is 477. The van der Waals surface area contributed by atoms with Crippen LogP contribution in [0.15, 0.2) is 36.5 Å². The van der Waals surface area contributed by atoms with Gasteiger partial charge in [-0.25, -0.2) is 0 Å². The van der Waals surface area contributed by atoms with E-state index in [9.17, 15) is 0 Å². The van der Waals surface area contributed by atoms with E-state index in [0.29, 0.717) is 6.10 Å². The summed E-state index contributed by atoms with van der Waals surface area (Å²) in [5.74, 6) is 0.929. The highest BCUT2D eigenvalue weighted by molar-refractivity contribution is 5.85. The third-order valence-electron chi connectivity index (χ3n) is 2.94. The molecule has 0 radical (unpaired) electrons. The number of hydrogen-bond acceptors (Lipinski definition) is 2. The van der Waals surface area contributed by atoms with Crippen LogP contribution < -0.4 is 4.74 Å². The van der Waals surface area contributed by atoms with E-state index in [1.54, 1.807) is 0 Å². The van der Waals surface area contributed by atoms with E-state index >= 15 is 0 Å². The maximum absolute atomic E-state index is 5.90. The van der Waals surface area contributed by atoms with Crippen LogP contribution in [0.2, 0.25) is 0 Å².